The summed E-state index contributed by atoms with van der Waals surface area (Å²) < 4.78 is 4.57. The van der Waals surface area contributed by atoms with Crippen LogP contribution in [-0.2, 0) is 9.53 Å². The first kappa shape index (κ1) is 12.5. The first-order chi connectivity index (χ1) is 7.83. The van der Waals surface area contributed by atoms with E-state index in [4.69, 9.17) is 0 Å². The number of hydrogen-bond acceptors (Lipinski definition) is 2. The van der Waals surface area contributed by atoms with Gasteiger partial charge in [0.2, 0.25) is 0 Å². The lowest BCUT2D eigenvalue weighted by molar-refractivity contribution is -0.140. The number of rotatable bonds is 6. The largest absolute Gasteiger partial charge is 0.469 e. The summed E-state index contributed by atoms with van der Waals surface area (Å²) in [6, 6.07) is 10.2. The number of allylic oxidation sites excluding steroid dienone is 1. The van der Waals surface area contributed by atoms with Gasteiger partial charge in [0.15, 0.2) is 0 Å². The summed E-state index contributed by atoms with van der Waals surface area (Å²) in [5.41, 5.74) is 1.22. The van der Waals surface area contributed by atoms with Crippen LogP contribution in [-0.4, -0.2) is 13.1 Å². The molecular formula is C14H18O2. The quantitative estimate of drug-likeness (QED) is 0.540. The fourth-order valence-electron chi connectivity index (χ4n) is 1.42. The smallest absolute Gasteiger partial charge is 0.305 e. The van der Waals surface area contributed by atoms with Gasteiger partial charge in [-0.15, -0.1) is 0 Å². The number of methoxy groups -OCH3 is 1. The molecule has 0 heterocycles. The summed E-state index contributed by atoms with van der Waals surface area (Å²) in [6.45, 7) is 0. The lowest BCUT2D eigenvalue weighted by Crippen LogP contribution is -1.98. The highest BCUT2D eigenvalue weighted by molar-refractivity contribution is 5.68. The zero-order chi connectivity index (χ0) is 11.6. The van der Waals surface area contributed by atoms with E-state index in [1.165, 1.54) is 12.7 Å². The zero-order valence-electron chi connectivity index (χ0n) is 9.69. The van der Waals surface area contributed by atoms with Crippen LogP contribution in [0.1, 0.15) is 31.2 Å². The lowest BCUT2D eigenvalue weighted by Gasteiger charge is -1.97. The second-order valence-electron chi connectivity index (χ2n) is 3.63. The maximum atomic E-state index is 10.8. The van der Waals surface area contributed by atoms with E-state index in [1.807, 2.05) is 18.2 Å². The molecule has 0 saturated carbocycles. The monoisotopic (exact) mass is 218 g/mol. The van der Waals surface area contributed by atoms with Crippen molar-refractivity contribution >= 4 is 12.0 Å². The molecule has 0 saturated heterocycles. The molecule has 0 fully saturated rings. The van der Waals surface area contributed by atoms with E-state index >= 15 is 0 Å². The van der Waals surface area contributed by atoms with Crippen molar-refractivity contribution in [2.24, 2.45) is 0 Å². The SMILES string of the molecule is COC(=O)CCCCC=Cc1ccccc1. The van der Waals surface area contributed by atoms with Crippen molar-refractivity contribution in [1.29, 1.82) is 0 Å². The van der Waals surface area contributed by atoms with Crippen LogP contribution in [0.2, 0.25) is 0 Å². The van der Waals surface area contributed by atoms with Gasteiger partial charge in [0.05, 0.1) is 7.11 Å². The molecule has 1 aromatic rings. The molecule has 2 nitrogen and oxygen atoms in total. The van der Waals surface area contributed by atoms with Gasteiger partial charge in [0.1, 0.15) is 0 Å². The third-order valence-electron chi connectivity index (χ3n) is 2.34. The fraction of sp³-hybridized carbons (Fsp3) is 0.357. The van der Waals surface area contributed by atoms with Gasteiger partial charge in [-0.2, -0.15) is 0 Å². The number of unbranched alkanes of at least 4 members (excludes halogenated alkanes) is 2. The maximum Gasteiger partial charge on any atom is 0.305 e. The molecule has 0 atom stereocenters. The van der Waals surface area contributed by atoms with Crippen molar-refractivity contribution < 1.29 is 9.53 Å². The Morgan fingerprint density at radius 2 is 2.00 bits per heavy atom. The molecule has 0 unspecified atom stereocenters. The summed E-state index contributed by atoms with van der Waals surface area (Å²) in [7, 11) is 1.43. The van der Waals surface area contributed by atoms with Crippen molar-refractivity contribution in [3.63, 3.8) is 0 Å². The highest BCUT2D eigenvalue weighted by Gasteiger charge is 1.97. The number of ether oxygens (including phenoxy) is 1. The first-order valence-electron chi connectivity index (χ1n) is 5.61. The van der Waals surface area contributed by atoms with Gasteiger partial charge >= 0.3 is 5.97 Å². The third kappa shape index (κ3) is 5.35. The standard InChI is InChI=1S/C14H18O2/c1-16-14(15)12-8-3-2-5-9-13-10-6-4-7-11-13/h4-7,9-11H,2-3,8,12H2,1H3. The van der Waals surface area contributed by atoms with Crippen molar-refractivity contribution in [2.45, 2.75) is 25.7 Å². The van der Waals surface area contributed by atoms with Crippen LogP contribution in [0.15, 0.2) is 36.4 Å². The Labute approximate surface area is 96.9 Å². The van der Waals surface area contributed by atoms with Gasteiger partial charge in [0, 0.05) is 6.42 Å². The molecule has 1 aromatic carbocycles. The highest BCUT2D eigenvalue weighted by Crippen LogP contribution is 2.05. The minimum absolute atomic E-state index is 0.118. The summed E-state index contributed by atoms with van der Waals surface area (Å²) in [5.74, 6) is -0.118. The van der Waals surface area contributed by atoms with Crippen LogP contribution < -0.4 is 0 Å². The van der Waals surface area contributed by atoms with Crippen LogP contribution in [0.3, 0.4) is 0 Å². The van der Waals surface area contributed by atoms with E-state index in [2.05, 4.69) is 29.0 Å². The third-order valence-corrected chi connectivity index (χ3v) is 2.34. The van der Waals surface area contributed by atoms with E-state index in [0.29, 0.717) is 6.42 Å². The van der Waals surface area contributed by atoms with Crippen LogP contribution in [0.5, 0.6) is 0 Å². The fourth-order valence-corrected chi connectivity index (χ4v) is 1.42. The average Bonchev–Trinajstić information content (AvgIpc) is 2.34. The molecule has 1 rings (SSSR count). The van der Waals surface area contributed by atoms with Crippen LogP contribution in [0.4, 0.5) is 0 Å². The van der Waals surface area contributed by atoms with Gasteiger partial charge < -0.3 is 4.74 Å². The number of benzene rings is 1. The Balaban J connectivity index is 2.12. The molecule has 0 aliphatic carbocycles. The van der Waals surface area contributed by atoms with E-state index in [0.717, 1.165) is 19.3 Å². The van der Waals surface area contributed by atoms with Crippen LogP contribution in [0.25, 0.3) is 6.08 Å². The van der Waals surface area contributed by atoms with Crippen LogP contribution in [0, 0.1) is 0 Å². The maximum absolute atomic E-state index is 10.8. The molecule has 0 amide bonds. The summed E-state index contributed by atoms with van der Waals surface area (Å²) in [6.07, 6.45) is 7.70. The average molecular weight is 218 g/mol. The molecule has 0 N–H and O–H groups in total. The topological polar surface area (TPSA) is 26.3 Å². The van der Waals surface area contributed by atoms with Crippen molar-refractivity contribution in [3.8, 4) is 0 Å². The Kier molecular flexibility index (Phi) is 6.00. The second kappa shape index (κ2) is 7.69. The normalized spacial score (nSPS) is 10.6. The van der Waals surface area contributed by atoms with Gasteiger partial charge in [-0.05, 0) is 24.8 Å². The van der Waals surface area contributed by atoms with E-state index < -0.39 is 0 Å². The molecule has 0 aromatic heterocycles. The van der Waals surface area contributed by atoms with Crippen molar-refractivity contribution in [1.82, 2.24) is 0 Å². The predicted molar refractivity (Wildman–Crippen MR) is 66.0 cm³/mol. The molecule has 0 radical (unpaired) electrons. The first-order valence-corrected chi connectivity index (χ1v) is 5.61. The van der Waals surface area contributed by atoms with Gasteiger partial charge in [0.25, 0.3) is 0 Å². The lowest BCUT2D eigenvalue weighted by atomic mass is 10.1. The molecule has 86 valence electrons. The number of carbonyl (C=O) groups is 1. The number of esters is 1. The molecule has 0 aliphatic heterocycles. The molecular weight excluding hydrogens is 200 g/mol. The van der Waals surface area contributed by atoms with Gasteiger partial charge in [-0.25, -0.2) is 0 Å². The van der Waals surface area contributed by atoms with E-state index in [-0.39, 0.29) is 5.97 Å². The molecule has 2 heteroatoms. The van der Waals surface area contributed by atoms with Crippen molar-refractivity contribution in [2.75, 3.05) is 7.11 Å². The van der Waals surface area contributed by atoms with Crippen molar-refractivity contribution in [3.05, 3.63) is 42.0 Å². The Bertz CT molecular complexity index is 328. The number of carbonyl (C=O) groups excluding carboxylic acids is 1. The van der Waals surface area contributed by atoms with Crippen LogP contribution >= 0.6 is 0 Å². The Morgan fingerprint density at radius 3 is 2.69 bits per heavy atom. The van der Waals surface area contributed by atoms with Gasteiger partial charge in [-0.1, -0.05) is 42.5 Å². The summed E-state index contributed by atoms with van der Waals surface area (Å²) in [4.78, 5) is 10.8. The second-order valence-corrected chi connectivity index (χ2v) is 3.63. The molecule has 0 bridgehead atoms. The molecule has 16 heavy (non-hydrogen) atoms. The highest BCUT2D eigenvalue weighted by atomic mass is 16.5. The Hall–Kier alpha value is -1.57. The van der Waals surface area contributed by atoms with E-state index in [9.17, 15) is 4.79 Å². The minimum Gasteiger partial charge on any atom is -0.469 e. The summed E-state index contributed by atoms with van der Waals surface area (Å²) in [5, 5.41) is 0. The van der Waals surface area contributed by atoms with E-state index in [1.54, 1.807) is 0 Å². The molecule has 0 aliphatic rings. The minimum atomic E-state index is -0.118. The predicted octanol–water partition coefficient (Wildman–Crippen LogP) is 3.43. The molecule has 0 spiro atoms. The number of hydrogen-bond donors (Lipinski definition) is 0. The van der Waals surface area contributed by atoms with Gasteiger partial charge in [-0.3, -0.25) is 4.79 Å². The summed E-state index contributed by atoms with van der Waals surface area (Å²) >= 11 is 0. The Morgan fingerprint density at radius 1 is 1.25 bits per heavy atom. The zero-order valence-corrected chi connectivity index (χ0v) is 9.69.